The molecule has 0 amide bonds. The minimum atomic E-state index is 0.437. The number of piperidine rings is 1. The molecule has 3 nitrogen and oxygen atoms in total. The van der Waals surface area contributed by atoms with Crippen molar-refractivity contribution in [2.24, 2.45) is 5.73 Å². The molecule has 3 heteroatoms. The molecule has 2 unspecified atom stereocenters. The number of nitrogens with zero attached hydrogens (tertiary/aromatic N) is 1. The molecular formula is C18H38N2O. The summed E-state index contributed by atoms with van der Waals surface area (Å²) in [6.45, 7) is 8.31. The Kier molecular flexibility index (Phi) is 11.2. The SMILES string of the molecule is CCCCCCCCCC(CN)N1CCCC(OCC)C1. The van der Waals surface area contributed by atoms with Gasteiger partial charge in [0.2, 0.25) is 0 Å². The number of hydrogen-bond acceptors (Lipinski definition) is 3. The number of rotatable bonds is 12. The fourth-order valence-corrected chi connectivity index (χ4v) is 3.46. The third-order valence-electron chi connectivity index (χ3n) is 4.74. The Morgan fingerprint density at radius 2 is 1.81 bits per heavy atom. The van der Waals surface area contributed by atoms with Crippen LogP contribution in [-0.4, -0.2) is 43.3 Å². The molecule has 1 heterocycles. The summed E-state index contributed by atoms with van der Waals surface area (Å²) in [7, 11) is 0. The first-order valence-corrected chi connectivity index (χ1v) is 9.37. The Morgan fingerprint density at radius 1 is 1.10 bits per heavy atom. The maximum atomic E-state index is 6.02. The monoisotopic (exact) mass is 298 g/mol. The quantitative estimate of drug-likeness (QED) is 0.554. The smallest absolute Gasteiger partial charge is 0.0702 e. The molecule has 1 fully saturated rings. The second-order valence-corrected chi connectivity index (χ2v) is 6.51. The van der Waals surface area contributed by atoms with Gasteiger partial charge in [-0.05, 0) is 32.7 Å². The van der Waals surface area contributed by atoms with E-state index < -0.39 is 0 Å². The predicted octanol–water partition coefficient (Wildman–Crippen LogP) is 3.96. The normalized spacial score (nSPS) is 21.6. The average Bonchev–Trinajstić information content (AvgIpc) is 2.51. The van der Waals surface area contributed by atoms with Crippen LogP contribution >= 0.6 is 0 Å². The Labute approximate surface area is 132 Å². The first-order chi connectivity index (χ1) is 10.3. The van der Waals surface area contributed by atoms with Crippen LogP contribution in [0.2, 0.25) is 0 Å². The second kappa shape index (κ2) is 12.4. The maximum Gasteiger partial charge on any atom is 0.0702 e. The van der Waals surface area contributed by atoms with E-state index >= 15 is 0 Å². The van der Waals surface area contributed by atoms with Crippen LogP contribution in [0, 0.1) is 0 Å². The highest BCUT2D eigenvalue weighted by molar-refractivity contribution is 4.80. The number of likely N-dealkylation sites (tertiary alicyclic amines) is 1. The largest absolute Gasteiger partial charge is 0.377 e. The van der Waals surface area contributed by atoms with Crippen LogP contribution in [0.25, 0.3) is 0 Å². The van der Waals surface area contributed by atoms with E-state index in [1.807, 2.05) is 0 Å². The summed E-state index contributed by atoms with van der Waals surface area (Å²) in [5.74, 6) is 0. The van der Waals surface area contributed by atoms with Crippen LogP contribution in [0.1, 0.15) is 78.1 Å². The Hall–Kier alpha value is -0.120. The second-order valence-electron chi connectivity index (χ2n) is 6.51. The van der Waals surface area contributed by atoms with Crippen LogP contribution in [0.5, 0.6) is 0 Å². The van der Waals surface area contributed by atoms with Crippen molar-refractivity contribution in [3.8, 4) is 0 Å². The molecule has 0 saturated carbocycles. The summed E-state index contributed by atoms with van der Waals surface area (Å²) in [5.41, 5.74) is 6.02. The van der Waals surface area contributed by atoms with Gasteiger partial charge in [0.25, 0.3) is 0 Å². The minimum absolute atomic E-state index is 0.437. The Balaban J connectivity index is 2.15. The molecule has 0 aromatic heterocycles. The van der Waals surface area contributed by atoms with Gasteiger partial charge in [-0.1, -0.05) is 51.9 Å². The zero-order valence-electron chi connectivity index (χ0n) is 14.5. The zero-order chi connectivity index (χ0) is 15.3. The topological polar surface area (TPSA) is 38.5 Å². The Morgan fingerprint density at radius 3 is 2.48 bits per heavy atom. The molecule has 0 bridgehead atoms. The summed E-state index contributed by atoms with van der Waals surface area (Å²) in [6, 6.07) is 0.573. The van der Waals surface area contributed by atoms with Crippen molar-refractivity contribution in [2.75, 3.05) is 26.2 Å². The number of nitrogens with two attached hydrogens (primary N) is 1. The van der Waals surface area contributed by atoms with Gasteiger partial charge in [-0.2, -0.15) is 0 Å². The van der Waals surface area contributed by atoms with Crippen molar-refractivity contribution < 1.29 is 4.74 Å². The molecule has 1 aliphatic heterocycles. The van der Waals surface area contributed by atoms with E-state index in [0.717, 1.165) is 19.7 Å². The number of unbranched alkanes of at least 4 members (excludes halogenated alkanes) is 6. The third kappa shape index (κ3) is 8.18. The van der Waals surface area contributed by atoms with Crippen molar-refractivity contribution in [1.29, 1.82) is 0 Å². The Bertz CT molecular complexity index is 233. The average molecular weight is 299 g/mol. The molecule has 0 radical (unpaired) electrons. The standard InChI is InChI=1S/C18H38N2O/c1-3-5-6-7-8-9-10-12-17(15-19)20-14-11-13-18(16-20)21-4-2/h17-18H,3-16,19H2,1-2H3. The van der Waals surface area contributed by atoms with Crippen LogP contribution in [0.15, 0.2) is 0 Å². The van der Waals surface area contributed by atoms with Crippen molar-refractivity contribution in [1.82, 2.24) is 4.90 Å². The lowest BCUT2D eigenvalue weighted by Crippen LogP contribution is -2.48. The highest BCUT2D eigenvalue weighted by atomic mass is 16.5. The van der Waals surface area contributed by atoms with Crippen molar-refractivity contribution in [3.05, 3.63) is 0 Å². The first kappa shape index (κ1) is 18.9. The van der Waals surface area contributed by atoms with Crippen LogP contribution in [-0.2, 0) is 4.74 Å². The summed E-state index contributed by atoms with van der Waals surface area (Å²) in [4.78, 5) is 2.58. The maximum absolute atomic E-state index is 6.02. The molecule has 1 saturated heterocycles. The highest BCUT2D eigenvalue weighted by Gasteiger charge is 2.24. The first-order valence-electron chi connectivity index (χ1n) is 9.37. The molecule has 0 spiro atoms. The molecular weight excluding hydrogens is 260 g/mol. The van der Waals surface area contributed by atoms with Crippen molar-refractivity contribution >= 4 is 0 Å². The molecule has 1 rings (SSSR count). The molecule has 126 valence electrons. The van der Waals surface area contributed by atoms with E-state index in [-0.39, 0.29) is 0 Å². The molecule has 21 heavy (non-hydrogen) atoms. The van der Waals surface area contributed by atoms with Gasteiger partial charge in [0, 0.05) is 25.7 Å². The fraction of sp³-hybridized carbons (Fsp3) is 1.00. The van der Waals surface area contributed by atoms with E-state index in [0.29, 0.717) is 12.1 Å². The molecule has 1 aliphatic rings. The summed E-state index contributed by atoms with van der Waals surface area (Å²) >= 11 is 0. The molecule has 0 aliphatic carbocycles. The van der Waals surface area contributed by atoms with Gasteiger partial charge in [-0.3, -0.25) is 4.90 Å². The van der Waals surface area contributed by atoms with Crippen molar-refractivity contribution in [3.63, 3.8) is 0 Å². The van der Waals surface area contributed by atoms with Gasteiger partial charge in [-0.15, -0.1) is 0 Å². The summed E-state index contributed by atoms with van der Waals surface area (Å²) < 4.78 is 5.81. The predicted molar refractivity (Wildman–Crippen MR) is 91.7 cm³/mol. The van der Waals surface area contributed by atoms with Gasteiger partial charge in [0.15, 0.2) is 0 Å². The van der Waals surface area contributed by atoms with E-state index in [4.69, 9.17) is 10.5 Å². The molecule has 0 aromatic carbocycles. The number of hydrogen-bond donors (Lipinski definition) is 1. The van der Waals surface area contributed by atoms with Crippen LogP contribution in [0.4, 0.5) is 0 Å². The van der Waals surface area contributed by atoms with Gasteiger partial charge >= 0.3 is 0 Å². The lowest BCUT2D eigenvalue weighted by atomic mass is 10.0. The van der Waals surface area contributed by atoms with E-state index in [2.05, 4.69) is 18.7 Å². The number of ether oxygens (including phenoxy) is 1. The highest BCUT2D eigenvalue weighted by Crippen LogP contribution is 2.19. The van der Waals surface area contributed by atoms with Crippen molar-refractivity contribution in [2.45, 2.75) is 90.2 Å². The lowest BCUT2D eigenvalue weighted by Gasteiger charge is -2.37. The fourth-order valence-electron chi connectivity index (χ4n) is 3.46. The van der Waals surface area contributed by atoms with E-state index in [1.54, 1.807) is 0 Å². The molecule has 2 N–H and O–H groups in total. The molecule has 2 atom stereocenters. The zero-order valence-corrected chi connectivity index (χ0v) is 14.5. The van der Waals surface area contributed by atoms with Crippen LogP contribution < -0.4 is 5.73 Å². The van der Waals surface area contributed by atoms with Gasteiger partial charge in [0.1, 0.15) is 0 Å². The van der Waals surface area contributed by atoms with Crippen LogP contribution in [0.3, 0.4) is 0 Å². The summed E-state index contributed by atoms with van der Waals surface area (Å²) in [5, 5.41) is 0. The van der Waals surface area contributed by atoms with Gasteiger partial charge < -0.3 is 10.5 Å². The van der Waals surface area contributed by atoms with E-state index in [9.17, 15) is 0 Å². The third-order valence-corrected chi connectivity index (χ3v) is 4.74. The van der Waals surface area contributed by atoms with Gasteiger partial charge in [-0.25, -0.2) is 0 Å². The molecule has 0 aromatic rings. The van der Waals surface area contributed by atoms with E-state index in [1.165, 1.54) is 70.8 Å². The minimum Gasteiger partial charge on any atom is -0.377 e. The summed E-state index contributed by atoms with van der Waals surface area (Å²) in [6.07, 6.45) is 13.9. The van der Waals surface area contributed by atoms with Gasteiger partial charge in [0.05, 0.1) is 6.10 Å². The lowest BCUT2D eigenvalue weighted by molar-refractivity contribution is -0.00755.